The minimum Gasteiger partial charge on any atom is -0.495 e. The maximum Gasteiger partial charge on any atom is 0.222 e. The van der Waals surface area contributed by atoms with Crippen LogP contribution in [0.1, 0.15) is 37.9 Å². The molecule has 0 unspecified atom stereocenters. The normalized spacial score (nSPS) is 15.1. The number of aromatic nitrogens is 5. The number of amides is 1. The first kappa shape index (κ1) is 19.3. The van der Waals surface area contributed by atoms with E-state index in [-0.39, 0.29) is 11.8 Å². The Balaban J connectivity index is 1.59. The van der Waals surface area contributed by atoms with Crippen molar-refractivity contribution in [3.8, 4) is 17.1 Å². The fraction of sp³-hybridized carbons (Fsp3) is 0.364. The van der Waals surface area contributed by atoms with Gasteiger partial charge in [-0.15, -0.1) is 0 Å². The fourth-order valence-corrected chi connectivity index (χ4v) is 4.47. The molecule has 4 heterocycles. The number of hydrogen-bond acceptors (Lipinski definition) is 6. The van der Waals surface area contributed by atoms with Gasteiger partial charge in [-0.1, -0.05) is 19.1 Å². The summed E-state index contributed by atoms with van der Waals surface area (Å²) < 4.78 is 7.30. The molecule has 3 N–H and O–H groups in total. The summed E-state index contributed by atoms with van der Waals surface area (Å²) in [6, 6.07) is 7.94. The van der Waals surface area contributed by atoms with Crippen LogP contribution in [0, 0.1) is 0 Å². The highest BCUT2D eigenvalue weighted by molar-refractivity contribution is 5.93. The summed E-state index contributed by atoms with van der Waals surface area (Å²) in [7, 11) is 1.65. The van der Waals surface area contributed by atoms with Gasteiger partial charge in [0.25, 0.3) is 0 Å². The van der Waals surface area contributed by atoms with Crippen molar-refractivity contribution in [2.24, 2.45) is 0 Å². The largest absolute Gasteiger partial charge is 0.495 e. The number of H-pyrrole nitrogens is 1. The van der Waals surface area contributed by atoms with Crippen LogP contribution in [-0.2, 0) is 4.79 Å². The van der Waals surface area contributed by atoms with E-state index in [2.05, 4.69) is 15.1 Å². The van der Waals surface area contributed by atoms with E-state index >= 15 is 0 Å². The van der Waals surface area contributed by atoms with Crippen LogP contribution >= 0.6 is 0 Å². The maximum absolute atomic E-state index is 12.0. The van der Waals surface area contributed by atoms with E-state index in [4.69, 9.17) is 15.5 Å². The second-order valence-corrected chi connectivity index (χ2v) is 7.84. The summed E-state index contributed by atoms with van der Waals surface area (Å²) in [6.07, 6.45) is 3.68. The highest BCUT2D eigenvalue weighted by Crippen LogP contribution is 2.36. The van der Waals surface area contributed by atoms with Crippen LogP contribution in [0.2, 0.25) is 0 Å². The molecule has 0 radical (unpaired) electrons. The third-order valence-corrected chi connectivity index (χ3v) is 6.09. The maximum atomic E-state index is 12.0. The molecule has 1 amide bonds. The number of hydrogen-bond donors (Lipinski definition) is 2. The van der Waals surface area contributed by atoms with Crippen molar-refractivity contribution in [3.05, 3.63) is 36.4 Å². The lowest BCUT2D eigenvalue weighted by Gasteiger charge is -2.31. The first-order valence-corrected chi connectivity index (χ1v) is 10.5. The smallest absolute Gasteiger partial charge is 0.222 e. The highest BCUT2D eigenvalue weighted by Gasteiger charge is 2.29. The number of nitrogen functional groups attached to an aromatic ring is 1. The monoisotopic (exact) mass is 419 g/mol. The van der Waals surface area contributed by atoms with Crippen LogP contribution in [0.15, 0.2) is 30.6 Å². The number of piperidine rings is 1. The molecule has 9 heteroatoms. The SMILES string of the molecule is CCC(=O)N1CCC(c2nc(-c3cc4cccc(OC)c4[nH]3)c3c(N)ncnn23)CC1. The molecule has 9 nitrogen and oxygen atoms in total. The van der Waals surface area contributed by atoms with E-state index in [0.717, 1.165) is 59.8 Å². The summed E-state index contributed by atoms with van der Waals surface area (Å²) in [4.78, 5) is 26.6. The Hall–Kier alpha value is -3.62. The highest BCUT2D eigenvalue weighted by atomic mass is 16.5. The molecular formula is C22H25N7O2. The van der Waals surface area contributed by atoms with Crippen molar-refractivity contribution >= 4 is 28.1 Å². The standard InChI is InChI=1S/C22H25N7O2/c1-3-17(30)28-9-7-13(8-10-28)22-27-19(20-21(23)24-12-25-29(20)22)15-11-14-5-4-6-16(31-2)18(14)26-15/h4-6,11-13,26H,3,7-10H2,1-2H3,(H2,23,24,25). The minimum atomic E-state index is 0.190. The lowest BCUT2D eigenvalue weighted by atomic mass is 9.96. The number of carbonyl (C=O) groups is 1. The molecule has 0 bridgehead atoms. The number of nitrogens with two attached hydrogens (primary N) is 1. The van der Waals surface area contributed by atoms with Crippen molar-refractivity contribution in [2.75, 3.05) is 25.9 Å². The third-order valence-electron chi connectivity index (χ3n) is 6.09. The molecule has 1 aliphatic rings. The van der Waals surface area contributed by atoms with E-state index in [1.807, 2.05) is 40.6 Å². The summed E-state index contributed by atoms with van der Waals surface area (Å²) in [5, 5.41) is 5.49. The molecule has 160 valence electrons. The van der Waals surface area contributed by atoms with Gasteiger partial charge in [-0.2, -0.15) is 5.10 Å². The molecule has 31 heavy (non-hydrogen) atoms. The summed E-state index contributed by atoms with van der Waals surface area (Å²) in [5.41, 5.74) is 9.42. The fourth-order valence-electron chi connectivity index (χ4n) is 4.47. The Labute approximate surface area is 179 Å². The van der Waals surface area contributed by atoms with Gasteiger partial charge >= 0.3 is 0 Å². The number of carbonyl (C=O) groups excluding carboxylic acids is 1. The van der Waals surface area contributed by atoms with E-state index in [9.17, 15) is 4.79 Å². The predicted molar refractivity (Wildman–Crippen MR) is 118 cm³/mol. The molecule has 1 fully saturated rings. The van der Waals surface area contributed by atoms with Crippen LogP contribution in [0.25, 0.3) is 27.8 Å². The number of benzene rings is 1. The van der Waals surface area contributed by atoms with Crippen LogP contribution in [-0.4, -0.2) is 55.6 Å². The van der Waals surface area contributed by atoms with Crippen molar-refractivity contribution in [2.45, 2.75) is 32.1 Å². The van der Waals surface area contributed by atoms with Gasteiger partial charge in [0.05, 0.1) is 18.3 Å². The number of anilines is 1. The summed E-state index contributed by atoms with van der Waals surface area (Å²) in [6.45, 7) is 3.36. The predicted octanol–water partition coefficient (Wildman–Crippen LogP) is 2.98. The number of fused-ring (bicyclic) bond motifs is 2. The zero-order valence-electron chi connectivity index (χ0n) is 17.6. The Bertz CT molecular complexity index is 1270. The number of likely N-dealkylation sites (tertiary alicyclic amines) is 1. The number of methoxy groups -OCH3 is 1. The average molecular weight is 419 g/mol. The van der Waals surface area contributed by atoms with E-state index < -0.39 is 0 Å². The number of aromatic amines is 1. The number of para-hydroxylation sites is 1. The molecular weight excluding hydrogens is 394 g/mol. The average Bonchev–Trinajstić information content (AvgIpc) is 3.41. The van der Waals surface area contributed by atoms with E-state index in [1.165, 1.54) is 6.33 Å². The van der Waals surface area contributed by atoms with Crippen molar-refractivity contribution in [1.82, 2.24) is 29.5 Å². The number of ether oxygens (including phenoxy) is 1. The number of nitrogens with one attached hydrogen (secondary N) is 1. The van der Waals surface area contributed by atoms with Crippen molar-refractivity contribution in [1.29, 1.82) is 0 Å². The lowest BCUT2D eigenvalue weighted by molar-refractivity contribution is -0.131. The van der Waals surface area contributed by atoms with Crippen LogP contribution in [0.4, 0.5) is 5.82 Å². The van der Waals surface area contributed by atoms with Crippen LogP contribution in [0.3, 0.4) is 0 Å². The minimum absolute atomic E-state index is 0.190. The molecule has 3 aromatic heterocycles. The van der Waals surface area contributed by atoms with Crippen molar-refractivity contribution < 1.29 is 9.53 Å². The zero-order valence-corrected chi connectivity index (χ0v) is 17.6. The first-order chi connectivity index (χ1) is 15.1. The molecule has 0 spiro atoms. The molecule has 1 aliphatic heterocycles. The van der Waals surface area contributed by atoms with Gasteiger partial charge in [-0.05, 0) is 25.0 Å². The second-order valence-electron chi connectivity index (χ2n) is 7.84. The van der Waals surface area contributed by atoms with Gasteiger partial charge in [0.2, 0.25) is 5.91 Å². The lowest BCUT2D eigenvalue weighted by Crippen LogP contribution is -2.37. The molecule has 5 rings (SSSR count). The quantitative estimate of drug-likeness (QED) is 0.526. The number of nitrogens with zero attached hydrogens (tertiary/aromatic N) is 5. The number of imidazole rings is 1. The molecule has 1 aromatic carbocycles. The van der Waals surface area contributed by atoms with Gasteiger partial charge in [0.15, 0.2) is 5.82 Å². The Morgan fingerprint density at radius 3 is 2.87 bits per heavy atom. The Morgan fingerprint density at radius 2 is 2.13 bits per heavy atom. The Kier molecular flexibility index (Phi) is 4.72. The number of rotatable bonds is 4. The Morgan fingerprint density at radius 1 is 1.32 bits per heavy atom. The molecule has 0 saturated carbocycles. The van der Waals surface area contributed by atoms with Gasteiger partial charge in [-0.3, -0.25) is 4.79 Å². The van der Waals surface area contributed by atoms with Crippen molar-refractivity contribution in [3.63, 3.8) is 0 Å². The van der Waals surface area contributed by atoms with E-state index in [1.54, 1.807) is 7.11 Å². The first-order valence-electron chi connectivity index (χ1n) is 10.5. The molecule has 1 saturated heterocycles. The molecule has 4 aromatic rings. The van der Waals surface area contributed by atoms with Gasteiger partial charge in [0.1, 0.15) is 29.1 Å². The summed E-state index contributed by atoms with van der Waals surface area (Å²) in [5.74, 6) is 2.40. The second kappa shape index (κ2) is 7.57. The third kappa shape index (κ3) is 3.17. The summed E-state index contributed by atoms with van der Waals surface area (Å²) >= 11 is 0. The topological polar surface area (TPSA) is 114 Å². The molecule has 0 atom stereocenters. The zero-order chi connectivity index (χ0) is 21.5. The van der Waals surface area contributed by atoms with Gasteiger partial charge in [0, 0.05) is 30.8 Å². The van der Waals surface area contributed by atoms with Crippen LogP contribution < -0.4 is 10.5 Å². The van der Waals surface area contributed by atoms with Gasteiger partial charge in [-0.25, -0.2) is 14.5 Å². The van der Waals surface area contributed by atoms with Gasteiger partial charge < -0.3 is 20.4 Å². The molecule has 0 aliphatic carbocycles. The van der Waals surface area contributed by atoms with Crippen LogP contribution in [0.5, 0.6) is 5.75 Å². The van der Waals surface area contributed by atoms with E-state index in [0.29, 0.717) is 17.8 Å².